The van der Waals surface area contributed by atoms with Crippen LogP contribution in [0.4, 0.5) is 20.4 Å². The highest BCUT2D eigenvalue weighted by Crippen LogP contribution is 2.21. The zero-order valence-corrected chi connectivity index (χ0v) is 10.8. The Morgan fingerprint density at radius 1 is 1.33 bits per heavy atom. The third kappa shape index (κ3) is 2.56. The number of hydrogen-bond acceptors (Lipinski definition) is 5. The lowest BCUT2D eigenvalue weighted by Crippen LogP contribution is -2.20. The molecule has 0 aliphatic carbocycles. The number of halogens is 2. The van der Waals surface area contributed by atoms with E-state index >= 15 is 0 Å². The summed E-state index contributed by atoms with van der Waals surface area (Å²) in [5.74, 6) is -1.89. The van der Waals surface area contributed by atoms with Gasteiger partial charge in [-0.1, -0.05) is 0 Å². The quantitative estimate of drug-likeness (QED) is 0.930. The van der Waals surface area contributed by atoms with E-state index in [9.17, 15) is 8.78 Å². The minimum Gasteiger partial charge on any atom is -0.381 e. The predicted molar refractivity (Wildman–Crippen MR) is 67.5 cm³/mol. The van der Waals surface area contributed by atoms with Gasteiger partial charge in [0.05, 0.1) is 17.2 Å². The van der Waals surface area contributed by atoms with Gasteiger partial charge in [-0.15, -0.1) is 11.3 Å². The average molecular weight is 270 g/mol. The molecule has 96 valence electrons. The standard InChI is InChI=1S/C11H12F2N4S/c1-6-15-7(5-18-6)4-17(2)11-9(13)3-8(12)10(14)16-11/h3,5H,4H2,1-2H3,(H2,14,16). The highest BCUT2D eigenvalue weighted by molar-refractivity contribution is 7.09. The molecule has 0 spiro atoms. The number of anilines is 2. The molecule has 2 N–H and O–H groups in total. The van der Waals surface area contributed by atoms with Gasteiger partial charge < -0.3 is 10.6 Å². The first kappa shape index (κ1) is 12.7. The molecule has 0 aromatic carbocycles. The average Bonchev–Trinajstić information content (AvgIpc) is 2.69. The SMILES string of the molecule is Cc1nc(CN(C)c2nc(N)c(F)cc2F)cs1. The molecule has 2 aromatic heterocycles. The largest absolute Gasteiger partial charge is 0.381 e. The van der Waals surface area contributed by atoms with Crippen LogP contribution in [0.2, 0.25) is 0 Å². The van der Waals surface area contributed by atoms with E-state index in [1.807, 2.05) is 12.3 Å². The summed E-state index contributed by atoms with van der Waals surface area (Å²) < 4.78 is 26.6. The third-order valence-corrected chi connectivity index (χ3v) is 3.19. The van der Waals surface area contributed by atoms with E-state index in [1.54, 1.807) is 11.9 Å². The van der Waals surface area contributed by atoms with Crippen LogP contribution >= 0.6 is 11.3 Å². The van der Waals surface area contributed by atoms with Gasteiger partial charge >= 0.3 is 0 Å². The topological polar surface area (TPSA) is 55.0 Å². The second-order valence-corrected chi connectivity index (χ2v) is 4.94. The third-order valence-electron chi connectivity index (χ3n) is 2.37. The van der Waals surface area contributed by atoms with Crippen LogP contribution < -0.4 is 10.6 Å². The van der Waals surface area contributed by atoms with Crippen LogP contribution in [0.3, 0.4) is 0 Å². The number of pyridine rings is 1. The van der Waals surface area contributed by atoms with Crippen molar-refractivity contribution in [3.05, 3.63) is 33.8 Å². The number of aromatic nitrogens is 2. The number of nitrogens with zero attached hydrogens (tertiary/aromatic N) is 3. The predicted octanol–water partition coefficient (Wildman–Crippen LogP) is 2.34. The molecule has 2 heterocycles. The van der Waals surface area contributed by atoms with Crippen LogP contribution in [0.5, 0.6) is 0 Å². The van der Waals surface area contributed by atoms with Crippen LogP contribution in [0.25, 0.3) is 0 Å². The molecule has 0 amide bonds. The van der Waals surface area contributed by atoms with Crippen molar-refractivity contribution < 1.29 is 8.78 Å². The highest BCUT2D eigenvalue weighted by Gasteiger charge is 2.14. The Morgan fingerprint density at radius 2 is 2.06 bits per heavy atom. The Morgan fingerprint density at radius 3 is 2.67 bits per heavy atom. The van der Waals surface area contributed by atoms with E-state index in [2.05, 4.69) is 9.97 Å². The first-order chi connectivity index (χ1) is 8.47. The number of hydrogen-bond donors (Lipinski definition) is 1. The summed E-state index contributed by atoms with van der Waals surface area (Å²) in [4.78, 5) is 9.51. The molecule has 18 heavy (non-hydrogen) atoms. The lowest BCUT2D eigenvalue weighted by molar-refractivity contribution is 0.573. The molecule has 0 radical (unpaired) electrons. The summed E-state index contributed by atoms with van der Waals surface area (Å²) in [5.41, 5.74) is 6.14. The smallest absolute Gasteiger partial charge is 0.168 e. The van der Waals surface area contributed by atoms with Crippen molar-refractivity contribution in [1.82, 2.24) is 9.97 Å². The van der Waals surface area contributed by atoms with E-state index in [0.717, 1.165) is 16.8 Å². The van der Waals surface area contributed by atoms with Crippen LogP contribution in [0.1, 0.15) is 10.7 Å². The number of thiazole rings is 1. The normalized spacial score (nSPS) is 10.7. The van der Waals surface area contributed by atoms with Crippen molar-refractivity contribution in [3.63, 3.8) is 0 Å². The van der Waals surface area contributed by atoms with Crippen molar-refractivity contribution in [2.24, 2.45) is 0 Å². The summed E-state index contributed by atoms with van der Waals surface area (Å²) in [5, 5.41) is 2.82. The van der Waals surface area contributed by atoms with Crippen molar-refractivity contribution in [3.8, 4) is 0 Å². The van der Waals surface area contributed by atoms with Crippen molar-refractivity contribution in [2.45, 2.75) is 13.5 Å². The monoisotopic (exact) mass is 270 g/mol. The highest BCUT2D eigenvalue weighted by atomic mass is 32.1. The Kier molecular flexibility index (Phi) is 3.42. The number of aryl methyl sites for hydroxylation is 1. The fraction of sp³-hybridized carbons (Fsp3) is 0.273. The molecule has 0 unspecified atom stereocenters. The fourth-order valence-corrected chi connectivity index (χ4v) is 2.14. The number of rotatable bonds is 3. The van der Waals surface area contributed by atoms with E-state index in [1.165, 1.54) is 11.3 Å². The zero-order chi connectivity index (χ0) is 13.3. The summed E-state index contributed by atoms with van der Waals surface area (Å²) in [7, 11) is 1.65. The molecule has 2 aromatic rings. The Hall–Kier alpha value is -1.76. The van der Waals surface area contributed by atoms with Crippen LogP contribution in [-0.4, -0.2) is 17.0 Å². The van der Waals surface area contributed by atoms with Crippen LogP contribution in [0, 0.1) is 18.6 Å². The molecule has 7 heteroatoms. The zero-order valence-electron chi connectivity index (χ0n) is 9.94. The Bertz CT molecular complexity index is 570. The van der Waals surface area contributed by atoms with Gasteiger partial charge in [0.15, 0.2) is 23.3 Å². The minimum atomic E-state index is -0.853. The molecule has 0 atom stereocenters. The van der Waals surface area contributed by atoms with Crippen LogP contribution in [0.15, 0.2) is 11.4 Å². The lowest BCUT2D eigenvalue weighted by atomic mass is 10.3. The molecule has 0 aliphatic heterocycles. The van der Waals surface area contributed by atoms with Crippen LogP contribution in [-0.2, 0) is 6.54 Å². The van der Waals surface area contributed by atoms with Gasteiger partial charge in [-0.05, 0) is 6.92 Å². The maximum atomic E-state index is 13.6. The molecule has 4 nitrogen and oxygen atoms in total. The number of nitrogen functional groups attached to an aromatic ring is 1. The van der Waals surface area contributed by atoms with Gasteiger partial charge in [-0.25, -0.2) is 18.7 Å². The second-order valence-electron chi connectivity index (χ2n) is 3.87. The van der Waals surface area contributed by atoms with E-state index in [0.29, 0.717) is 6.54 Å². The molecular weight excluding hydrogens is 258 g/mol. The van der Waals surface area contributed by atoms with Gasteiger partial charge in [0.2, 0.25) is 0 Å². The Balaban J connectivity index is 2.23. The maximum absolute atomic E-state index is 13.6. The summed E-state index contributed by atoms with van der Waals surface area (Å²) in [6.45, 7) is 2.28. The molecular formula is C11H12F2N4S. The molecule has 2 rings (SSSR count). The van der Waals surface area contributed by atoms with Crippen molar-refractivity contribution in [1.29, 1.82) is 0 Å². The summed E-state index contributed by atoms with van der Waals surface area (Å²) in [6, 6.07) is 0.737. The van der Waals surface area contributed by atoms with E-state index < -0.39 is 11.6 Å². The maximum Gasteiger partial charge on any atom is 0.168 e. The van der Waals surface area contributed by atoms with Gasteiger partial charge in [-0.2, -0.15) is 0 Å². The molecule has 0 saturated heterocycles. The molecule has 0 saturated carbocycles. The molecule has 0 bridgehead atoms. The second kappa shape index (κ2) is 4.85. The summed E-state index contributed by atoms with van der Waals surface area (Å²) in [6.07, 6.45) is 0. The van der Waals surface area contributed by atoms with Crippen molar-refractivity contribution in [2.75, 3.05) is 17.7 Å². The number of nitrogens with two attached hydrogens (primary N) is 1. The Labute approximate surface area is 107 Å². The first-order valence-corrected chi connectivity index (χ1v) is 6.09. The van der Waals surface area contributed by atoms with E-state index in [4.69, 9.17) is 5.73 Å². The van der Waals surface area contributed by atoms with Gasteiger partial charge in [0.1, 0.15) is 0 Å². The first-order valence-electron chi connectivity index (χ1n) is 5.21. The van der Waals surface area contributed by atoms with Crippen molar-refractivity contribution >= 4 is 23.0 Å². The van der Waals surface area contributed by atoms with E-state index in [-0.39, 0.29) is 11.6 Å². The minimum absolute atomic E-state index is 0.0135. The fourth-order valence-electron chi connectivity index (χ4n) is 1.54. The molecule has 0 fully saturated rings. The lowest BCUT2D eigenvalue weighted by Gasteiger charge is -2.17. The van der Waals surface area contributed by atoms with Gasteiger partial charge in [0, 0.05) is 18.5 Å². The summed E-state index contributed by atoms with van der Waals surface area (Å²) >= 11 is 1.51. The molecule has 0 aliphatic rings. The van der Waals surface area contributed by atoms with Gasteiger partial charge in [-0.3, -0.25) is 0 Å². The van der Waals surface area contributed by atoms with Gasteiger partial charge in [0.25, 0.3) is 0 Å².